The van der Waals surface area contributed by atoms with Gasteiger partial charge in [-0.25, -0.2) is 0 Å². The van der Waals surface area contributed by atoms with Crippen LogP contribution >= 0.6 is 11.6 Å². The van der Waals surface area contributed by atoms with Crippen LogP contribution in [0.25, 0.3) is 0 Å². The van der Waals surface area contributed by atoms with Gasteiger partial charge in [-0.2, -0.15) is 0 Å². The van der Waals surface area contributed by atoms with E-state index < -0.39 is 0 Å². The van der Waals surface area contributed by atoms with E-state index in [4.69, 9.17) is 11.6 Å². The normalized spacial score (nSPS) is 27.1. The minimum Gasteiger partial charge on any atom is -0.123 e. The third kappa shape index (κ3) is 4.25. The van der Waals surface area contributed by atoms with E-state index in [-0.39, 0.29) is 5.41 Å². The molecule has 0 aromatic heterocycles. The van der Waals surface area contributed by atoms with Crippen LogP contribution in [0.3, 0.4) is 0 Å². The van der Waals surface area contributed by atoms with E-state index in [1.54, 1.807) is 0 Å². The molecular weight excluding hydrogens is 276 g/mol. The van der Waals surface area contributed by atoms with Crippen LogP contribution in [-0.4, -0.2) is 5.38 Å². The fraction of sp³-hybridized carbons (Fsp3) is 0.700. The summed E-state index contributed by atoms with van der Waals surface area (Å²) < 4.78 is 0. The van der Waals surface area contributed by atoms with Crippen LogP contribution in [-0.2, 0) is 6.42 Å². The molecule has 0 N–H and O–H groups in total. The molecular formula is C20H31Cl. The maximum atomic E-state index is 6.70. The van der Waals surface area contributed by atoms with Crippen LogP contribution in [0.4, 0.5) is 0 Å². The Morgan fingerprint density at radius 2 is 1.76 bits per heavy atom. The number of benzene rings is 1. The van der Waals surface area contributed by atoms with E-state index in [1.165, 1.54) is 30.4 Å². The van der Waals surface area contributed by atoms with Crippen LogP contribution < -0.4 is 0 Å². The molecule has 0 amide bonds. The Bertz CT molecular complexity index is 443. The zero-order valence-corrected chi connectivity index (χ0v) is 15.1. The third-order valence-electron chi connectivity index (χ3n) is 5.34. The quantitative estimate of drug-likeness (QED) is 0.563. The molecule has 21 heavy (non-hydrogen) atoms. The molecule has 1 fully saturated rings. The number of hydrogen-bond donors (Lipinski definition) is 0. The molecule has 0 radical (unpaired) electrons. The Morgan fingerprint density at radius 1 is 1.14 bits per heavy atom. The first kappa shape index (κ1) is 16.9. The summed E-state index contributed by atoms with van der Waals surface area (Å²) in [5.74, 6) is 2.05. The summed E-state index contributed by atoms with van der Waals surface area (Å²) in [5, 5.41) is 0.346. The van der Waals surface area contributed by atoms with Crippen LogP contribution in [0.2, 0.25) is 0 Å². The number of rotatable bonds is 4. The molecule has 0 bridgehead atoms. The molecule has 3 unspecified atom stereocenters. The Labute approximate surface area is 136 Å². The van der Waals surface area contributed by atoms with Gasteiger partial charge in [0, 0.05) is 5.38 Å². The van der Waals surface area contributed by atoms with Gasteiger partial charge in [-0.15, -0.1) is 11.6 Å². The lowest BCUT2D eigenvalue weighted by Crippen LogP contribution is -2.37. The highest BCUT2D eigenvalue weighted by atomic mass is 35.5. The molecule has 1 saturated carbocycles. The van der Waals surface area contributed by atoms with Crippen molar-refractivity contribution >= 4 is 11.6 Å². The number of alkyl halides is 1. The SMILES string of the molecule is CC1CCC(C(C)(C)Cc2ccc(C(C)C)cc2)C(Cl)C1. The van der Waals surface area contributed by atoms with Gasteiger partial charge in [0.15, 0.2) is 0 Å². The van der Waals surface area contributed by atoms with Crippen molar-refractivity contribution in [3.63, 3.8) is 0 Å². The maximum absolute atomic E-state index is 6.70. The van der Waals surface area contributed by atoms with Crippen molar-refractivity contribution in [1.82, 2.24) is 0 Å². The molecule has 0 nitrogen and oxygen atoms in total. The summed E-state index contributed by atoms with van der Waals surface area (Å²) in [6.45, 7) is 11.6. The van der Waals surface area contributed by atoms with Crippen molar-refractivity contribution in [1.29, 1.82) is 0 Å². The molecule has 1 aromatic carbocycles. The molecule has 1 aromatic rings. The standard InChI is InChI=1S/C20H31Cl/c1-14(2)17-9-7-16(8-10-17)13-20(4,5)18-11-6-15(3)12-19(18)21/h7-10,14-15,18-19H,6,11-13H2,1-5H3. The molecule has 0 saturated heterocycles. The van der Waals surface area contributed by atoms with Crippen molar-refractivity contribution in [3.8, 4) is 0 Å². The van der Waals surface area contributed by atoms with Gasteiger partial charge in [0.05, 0.1) is 0 Å². The van der Waals surface area contributed by atoms with Gasteiger partial charge in [0.2, 0.25) is 0 Å². The molecule has 1 heteroatoms. The maximum Gasteiger partial charge on any atom is 0.0372 e. The number of hydrogen-bond acceptors (Lipinski definition) is 0. The van der Waals surface area contributed by atoms with Gasteiger partial charge in [0.25, 0.3) is 0 Å². The van der Waals surface area contributed by atoms with Crippen molar-refractivity contribution < 1.29 is 0 Å². The Kier molecular flexibility index (Phi) is 5.41. The highest BCUT2D eigenvalue weighted by Gasteiger charge is 2.38. The third-order valence-corrected chi connectivity index (χ3v) is 5.83. The van der Waals surface area contributed by atoms with Crippen molar-refractivity contribution in [2.75, 3.05) is 0 Å². The minimum absolute atomic E-state index is 0.284. The summed E-state index contributed by atoms with van der Waals surface area (Å²) in [7, 11) is 0. The predicted molar refractivity (Wildman–Crippen MR) is 94.2 cm³/mol. The van der Waals surface area contributed by atoms with E-state index in [1.807, 2.05) is 0 Å². The molecule has 1 aliphatic rings. The van der Waals surface area contributed by atoms with E-state index in [0.717, 1.165) is 12.3 Å². The first-order chi connectivity index (χ1) is 9.79. The average Bonchev–Trinajstić information content (AvgIpc) is 2.38. The largest absolute Gasteiger partial charge is 0.123 e. The van der Waals surface area contributed by atoms with Crippen molar-refractivity contribution in [3.05, 3.63) is 35.4 Å². The first-order valence-corrected chi connectivity index (χ1v) is 8.96. The fourth-order valence-electron chi connectivity index (χ4n) is 3.87. The average molecular weight is 307 g/mol. The topological polar surface area (TPSA) is 0 Å². The van der Waals surface area contributed by atoms with Gasteiger partial charge in [-0.1, -0.05) is 65.3 Å². The molecule has 3 atom stereocenters. The first-order valence-electron chi connectivity index (χ1n) is 8.52. The second kappa shape index (κ2) is 6.73. The minimum atomic E-state index is 0.284. The predicted octanol–water partition coefficient (Wildman–Crippen LogP) is 6.42. The lowest BCUT2D eigenvalue weighted by molar-refractivity contribution is 0.142. The second-order valence-corrected chi connectivity index (χ2v) is 8.66. The monoisotopic (exact) mass is 306 g/mol. The van der Waals surface area contributed by atoms with Crippen LogP contribution in [0.1, 0.15) is 70.9 Å². The molecule has 0 spiro atoms. The molecule has 1 aliphatic carbocycles. The second-order valence-electron chi connectivity index (χ2n) is 8.10. The number of halogens is 1. The summed E-state index contributed by atoms with van der Waals surface area (Å²) >= 11 is 6.70. The van der Waals surface area contributed by atoms with Gasteiger partial charge >= 0.3 is 0 Å². The summed E-state index contributed by atoms with van der Waals surface area (Å²) in [6.07, 6.45) is 4.94. The van der Waals surface area contributed by atoms with Crippen molar-refractivity contribution in [2.24, 2.45) is 17.3 Å². The van der Waals surface area contributed by atoms with Gasteiger partial charge in [-0.3, -0.25) is 0 Å². The Morgan fingerprint density at radius 3 is 2.29 bits per heavy atom. The smallest absolute Gasteiger partial charge is 0.0372 e. The molecule has 2 rings (SSSR count). The van der Waals surface area contributed by atoms with Crippen LogP contribution in [0, 0.1) is 17.3 Å². The molecule has 118 valence electrons. The van der Waals surface area contributed by atoms with E-state index in [2.05, 4.69) is 58.9 Å². The zero-order valence-electron chi connectivity index (χ0n) is 14.3. The van der Waals surface area contributed by atoms with E-state index >= 15 is 0 Å². The van der Waals surface area contributed by atoms with Crippen LogP contribution in [0.15, 0.2) is 24.3 Å². The Hall–Kier alpha value is -0.490. The van der Waals surface area contributed by atoms with E-state index in [9.17, 15) is 0 Å². The van der Waals surface area contributed by atoms with Crippen LogP contribution in [0.5, 0.6) is 0 Å². The van der Waals surface area contributed by atoms with Gasteiger partial charge < -0.3 is 0 Å². The van der Waals surface area contributed by atoms with Gasteiger partial charge in [-0.05, 0) is 53.6 Å². The fourth-order valence-corrected chi connectivity index (χ4v) is 4.64. The molecule has 0 aliphatic heterocycles. The summed E-state index contributed by atoms with van der Waals surface area (Å²) in [6, 6.07) is 9.20. The lowest BCUT2D eigenvalue weighted by Gasteiger charge is -2.42. The van der Waals surface area contributed by atoms with Gasteiger partial charge in [0.1, 0.15) is 0 Å². The lowest BCUT2D eigenvalue weighted by atomic mass is 9.66. The summed E-state index contributed by atoms with van der Waals surface area (Å²) in [5.41, 5.74) is 3.16. The summed E-state index contributed by atoms with van der Waals surface area (Å²) in [4.78, 5) is 0. The Balaban J connectivity index is 2.06. The van der Waals surface area contributed by atoms with Crippen molar-refractivity contribution in [2.45, 2.75) is 71.6 Å². The zero-order chi connectivity index (χ0) is 15.6. The molecule has 0 heterocycles. The highest BCUT2D eigenvalue weighted by molar-refractivity contribution is 6.20. The van der Waals surface area contributed by atoms with E-state index in [0.29, 0.717) is 17.2 Å². The highest BCUT2D eigenvalue weighted by Crippen LogP contribution is 2.44.